The van der Waals surface area contributed by atoms with Crippen LogP contribution in [0.15, 0.2) is 23.4 Å². The zero-order chi connectivity index (χ0) is 21.4. The Morgan fingerprint density at radius 3 is 2.52 bits per heavy atom. The van der Waals surface area contributed by atoms with Crippen LogP contribution in [-0.4, -0.2) is 47.5 Å². The van der Waals surface area contributed by atoms with Crippen LogP contribution in [0.3, 0.4) is 0 Å². The van der Waals surface area contributed by atoms with E-state index in [2.05, 4.69) is 10.5 Å². The Morgan fingerprint density at radius 1 is 1.24 bits per heavy atom. The standard InChI is InChI=1S/C20H24F2N2O5/c1-19(2,3)28-17(25)16-8-14(10-27-16)23-18(26)20(4)9-15(24-29-20)11-5-12(21)7-13(22)6-11/h5-7,14,16H,8-10H2,1-4H3,(H,23,26)/t14?,16?,20-/m1/s1. The first-order chi connectivity index (χ1) is 13.4. The van der Waals surface area contributed by atoms with Gasteiger partial charge in [-0.25, -0.2) is 13.6 Å². The molecule has 3 rings (SSSR count). The highest BCUT2D eigenvalue weighted by Crippen LogP contribution is 2.28. The molecule has 2 aliphatic heterocycles. The predicted molar refractivity (Wildman–Crippen MR) is 99.1 cm³/mol. The van der Waals surface area contributed by atoms with Crippen LogP contribution in [-0.2, 0) is 23.9 Å². The van der Waals surface area contributed by atoms with Crippen LogP contribution in [0.4, 0.5) is 8.78 Å². The molecule has 2 unspecified atom stereocenters. The van der Waals surface area contributed by atoms with Gasteiger partial charge in [0.2, 0.25) is 5.60 Å². The van der Waals surface area contributed by atoms with Crippen LogP contribution < -0.4 is 5.32 Å². The summed E-state index contributed by atoms with van der Waals surface area (Å²) in [7, 11) is 0. The summed E-state index contributed by atoms with van der Waals surface area (Å²) in [5.41, 5.74) is -1.47. The van der Waals surface area contributed by atoms with Gasteiger partial charge >= 0.3 is 5.97 Å². The fraction of sp³-hybridized carbons (Fsp3) is 0.550. The molecule has 1 fully saturated rings. The number of esters is 1. The Morgan fingerprint density at radius 2 is 1.90 bits per heavy atom. The van der Waals surface area contributed by atoms with Gasteiger partial charge in [-0.3, -0.25) is 4.79 Å². The lowest BCUT2D eigenvalue weighted by Crippen LogP contribution is -2.49. The number of carbonyl (C=O) groups excluding carboxylic acids is 2. The van der Waals surface area contributed by atoms with Gasteiger partial charge in [-0.15, -0.1) is 0 Å². The molecule has 2 aliphatic rings. The summed E-state index contributed by atoms with van der Waals surface area (Å²) in [6.07, 6.45) is -0.427. The first kappa shape index (κ1) is 21.2. The first-order valence-corrected chi connectivity index (χ1v) is 9.32. The Labute approximate surface area is 167 Å². The molecular formula is C20H24F2N2O5. The van der Waals surface area contributed by atoms with E-state index in [1.807, 2.05) is 0 Å². The van der Waals surface area contributed by atoms with E-state index in [-0.39, 0.29) is 30.7 Å². The van der Waals surface area contributed by atoms with Gasteiger partial charge in [0.1, 0.15) is 17.2 Å². The van der Waals surface area contributed by atoms with Crippen LogP contribution >= 0.6 is 0 Å². The molecule has 0 spiro atoms. The lowest BCUT2D eigenvalue weighted by atomic mass is 9.94. The van der Waals surface area contributed by atoms with E-state index >= 15 is 0 Å². The Hall–Kier alpha value is -2.55. The number of nitrogens with one attached hydrogen (secondary N) is 1. The zero-order valence-corrected chi connectivity index (χ0v) is 16.8. The van der Waals surface area contributed by atoms with E-state index in [0.29, 0.717) is 0 Å². The molecule has 0 saturated carbocycles. The van der Waals surface area contributed by atoms with Gasteiger partial charge in [-0.05, 0) is 39.8 Å². The number of amides is 1. The van der Waals surface area contributed by atoms with E-state index < -0.39 is 46.9 Å². The van der Waals surface area contributed by atoms with Gasteiger partial charge in [-0.1, -0.05) is 5.16 Å². The van der Waals surface area contributed by atoms with Crippen molar-refractivity contribution in [3.8, 4) is 0 Å². The van der Waals surface area contributed by atoms with Crippen molar-refractivity contribution >= 4 is 17.6 Å². The minimum Gasteiger partial charge on any atom is -0.458 e. The third-order valence-corrected chi connectivity index (χ3v) is 4.54. The average Bonchev–Trinajstić information content (AvgIpc) is 3.20. The maximum Gasteiger partial charge on any atom is 0.335 e. The first-order valence-electron chi connectivity index (χ1n) is 9.32. The Balaban J connectivity index is 1.57. The molecule has 9 heteroatoms. The van der Waals surface area contributed by atoms with Gasteiger partial charge < -0.3 is 19.6 Å². The monoisotopic (exact) mass is 410 g/mol. The van der Waals surface area contributed by atoms with Crippen molar-refractivity contribution in [2.75, 3.05) is 6.61 Å². The van der Waals surface area contributed by atoms with E-state index in [0.717, 1.165) is 18.2 Å². The fourth-order valence-corrected chi connectivity index (χ4v) is 3.13. The summed E-state index contributed by atoms with van der Waals surface area (Å²) in [5, 5.41) is 6.62. The van der Waals surface area contributed by atoms with Crippen molar-refractivity contribution in [3.63, 3.8) is 0 Å². The largest absolute Gasteiger partial charge is 0.458 e. The molecule has 0 aliphatic carbocycles. The quantitative estimate of drug-likeness (QED) is 0.771. The number of nitrogens with zero attached hydrogens (tertiary/aromatic N) is 1. The normalized spacial score (nSPS) is 26.6. The van der Waals surface area contributed by atoms with Crippen molar-refractivity contribution in [2.24, 2.45) is 5.16 Å². The summed E-state index contributed by atoms with van der Waals surface area (Å²) in [6, 6.07) is 2.62. The van der Waals surface area contributed by atoms with E-state index in [4.69, 9.17) is 14.3 Å². The third kappa shape index (κ3) is 5.09. The van der Waals surface area contributed by atoms with Gasteiger partial charge in [0.05, 0.1) is 18.4 Å². The second-order valence-electron chi connectivity index (χ2n) is 8.46. The second-order valence-corrected chi connectivity index (χ2v) is 8.46. The Kier molecular flexibility index (Phi) is 5.62. The van der Waals surface area contributed by atoms with Crippen LogP contribution in [0.25, 0.3) is 0 Å². The van der Waals surface area contributed by atoms with E-state index in [1.165, 1.54) is 6.92 Å². The van der Waals surface area contributed by atoms with Crippen LogP contribution in [0.2, 0.25) is 0 Å². The minimum absolute atomic E-state index is 0.0464. The van der Waals surface area contributed by atoms with Crippen LogP contribution in [0, 0.1) is 11.6 Å². The lowest BCUT2D eigenvalue weighted by Gasteiger charge is -2.23. The Bertz CT molecular complexity index is 832. The van der Waals surface area contributed by atoms with Crippen molar-refractivity contribution in [1.29, 1.82) is 0 Å². The van der Waals surface area contributed by atoms with E-state index in [9.17, 15) is 18.4 Å². The SMILES string of the molecule is CC(C)(C)OC(=O)C1CC(NC(=O)[C@@]2(C)CC(c3cc(F)cc(F)c3)=NO2)CO1. The van der Waals surface area contributed by atoms with E-state index in [1.54, 1.807) is 20.8 Å². The van der Waals surface area contributed by atoms with Crippen molar-refractivity contribution in [2.45, 2.75) is 63.9 Å². The average molecular weight is 410 g/mol. The molecule has 3 atom stereocenters. The zero-order valence-electron chi connectivity index (χ0n) is 16.8. The van der Waals surface area contributed by atoms with Crippen molar-refractivity contribution < 1.29 is 32.7 Å². The van der Waals surface area contributed by atoms with Crippen LogP contribution in [0.1, 0.15) is 46.1 Å². The molecule has 1 N–H and O–H groups in total. The number of hydrogen-bond donors (Lipinski definition) is 1. The summed E-state index contributed by atoms with van der Waals surface area (Å²) in [4.78, 5) is 30.1. The molecule has 29 heavy (non-hydrogen) atoms. The highest BCUT2D eigenvalue weighted by molar-refractivity contribution is 6.05. The van der Waals surface area contributed by atoms with Crippen LogP contribution in [0.5, 0.6) is 0 Å². The minimum atomic E-state index is -1.33. The van der Waals surface area contributed by atoms with Gasteiger partial charge in [0.25, 0.3) is 5.91 Å². The number of benzene rings is 1. The van der Waals surface area contributed by atoms with Gasteiger partial charge in [0.15, 0.2) is 6.10 Å². The lowest BCUT2D eigenvalue weighted by molar-refractivity contribution is -0.165. The highest BCUT2D eigenvalue weighted by Gasteiger charge is 2.44. The summed E-state index contributed by atoms with van der Waals surface area (Å²) >= 11 is 0. The summed E-state index contributed by atoms with van der Waals surface area (Å²) in [6.45, 7) is 6.99. The number of ether oxygens (including phenoxy) is 2. The van der Waals surface area contributed by atoms with Gasteiger partial charge in [-0.2, -0.15) is 0 Å². The summed E-state index contributed by atoms with van der Waals surface area (Å²) < 4.78 is 37.6. The maximum atomic E-state index is 13.4. The number of oxime groups is 1. The number of rotatable bonds is 4. The molecule has 0 bridgehead atoms. The number of hydrogen-bond acceptors (Lipinski definition) is 6. The molecule has 7 nitrogen and oxygen atoms in total. The molecule has 0 radical (unpaired) electrons. The second kappa shape index (κ2) is 7.70. The number of halogens is 2. The van der Waals surface area contributed by atoms with Gasteiger partial charge in [0, 0.05) is 24.5 Å². The number of carbonyl (C=O) groups is 2. The fourth-order valence-electron chi connectivity index (χ4n) is 3.13. The third-order valence-electron chi connectivity index (χ3n) is 4.54. The molecular weight excluding hydrogens is 386 g/mol. The molecule has 158 valence electrons. The molecule has 1 saturated heterocycles. The highest BCUT2D eigenvalue weighted by atomic mass is 19.1. The predicted octanol–water partition coefficient (Wildman–Crippen LogP) is 2.46. The molecule has 1 aromatic rings. The smallest absolute Gasteiger partial charge is 0.335 e. The van der Waals surface area contributed by atoms with Crippen molar-refractivity contribution in [1.82, 2.24) is 5.32 Å². The molecule has 2 heterocycles. The molecule has 0 aromatic heterocycles. The molecule has 1 amide bonds. The molecule has 1 aromatic carbocycles. The topological polar surface area (TPSA) is 86.2 Å². The summed E-state index contributed by atoms with van der Waals surface area (Å²) in [5.74, 6) is -2.41. The maximum absolute atomic E-state index is 13.4. The van der Waals surface area contributed by atoms with Crippen molar-refractivity contribution in [3.05, 3.63) is 35.4 Å².